The first-order chi connectivity index (χ1) is 13.9. The van der Waals surface area contributed by atoms with Crippen LogP contribution < -0.4 is 0 Å². The van der Waals surface area contributed by atoms with Crippen LogP contribution >= 0.6 is 0 Å². The summed E-state index contributed by atoms with van der Waals surface area (Å²) in [5, 5.41) is 11.4. The van der Waals surface area contributed by atoms with E-state index in [1.54, 1.807) is 4.90 Å². The van der Waals surface area contributed by atoms with Crippen molar-refractivity contribution in [2.24, 2.45) is 0 Å². The topological polar surface area (TPSA) is 59.0 Å². The molecule has 4 rings (SSSR count). The van der Waals surface area contributed by atoms with E-state index in [-0.39, 0.29) is 24.8 Å². The molecule has 2 fully saturated rings. The predicted molar refractivity (Wildman–Crippen MR) is 111 cm³/mol. The minimum Gasteiger partial charge on any atom is -0.445 e. The minimum atomic E-state index is -0.838. The number of piperidine rings is 1. The number of hydrogen-bond donors (Lipinski definition) is 1. The zero-order chi connectivity index (χ0) is 20.4. The summed E-state index contributed by atoms with van der Waals surface area (Å²) in [5.41, 5.74) is 3.67. The van der Waals surface area contributed by atoms with E-state index >= 15 is 0 Å². The van der Waals surface area contributed by atoms with Crippen molar-refractivity contribution in [3.05, 3.63) is 70.8 Å². The van der Waals surface area contributed by atoms with Gasteiger partial charge in [-0.25, -0.2) is 4.79 Å². The van der Waals surface area contributed by atoms with Gasteiger partial charge in [0, 0.05) is 6.42 Å². The largest absolute Gasteiger partial charge is 0.445 e. The second kappa shape index (κ2) is 8.17. The maximum absolute atomic E-state index is 12.8. The lowest BCUT2D eigenvalue weighted by molar-refractivity contribution is -0.132. The molecule has 1 N–H and O–H groups in total. The van der Waals surface area contributed by atoms with E-state index < -0.39 is 5.60 Å². The zero-order valence-corrected chi connectivity index (χ0v) is 17.1. The van der Waals surface area contributed by atoms with E-state index in [0.29, 0.717) is 32.5 Å². The number of fused-ring (bicyclic) bond motifs is 2. The van der Waals surface area contributed by atoms with Crippen molar-refractivity contribution in [2.45, 2.75) is 57.4 Å². The molecule has 0 aromatic heterocycles. The molecule has 1 amide bonds. The van der Waals surface area contributed by atoms with Crippen LogP contribution in [0.1, 0.15) is 35.1 Å². The van der Waals surface area contributed by atoms with Gasteiger partial charge in [-0.1, -0.05) is 59.7 Å². The Morgan fingerprint density at radius 3 is 2.31 bits per heavy atom. The van der Waals surface area contributed by atoms with Gasteiger partial charge in [-0.15, -0.1) is 0 Å². The van der Waals surface area contributed by atoms with Gasteiger partial charge in [-0.2, -0.15) is 0 Å². The SMILES string of the molecule is Cc1cc(C)cc(CC2(O)CC3COCC(C2)N3C(=O)OCc2ccccc2)c1. The Labute approximate surface area is 172 Å². The number of ether oxygens (including phenoxy) is 2. The molecule has 2 atom stereocenters. The molecule has 2 saturated heterocycles. The molecule has 0 saturated carbocycles. The van der Waals surface area contributed by atoms with Crippen molar-refractivity contribution < 1.29 is 19.4 Å². The lowest BCUT2D eigenvalue weighted by Crippen LogP contribution is -2.64. The van der Waals surface area contributed by atoms with Crippen LogP contribution in [0.25, 0.3) is 0 Å². The fourth-order valence-electron chi connectivity index (χ4n) is 4.86. The summed E-state index contributed by atoms with van der Waals surface area (Å²) in [5.74, 6) is 0. The molecule has 154 valence electrons. The van der Waals surface area contributed by atoms with E-state index in [1.807, 2.05) is 30.3 Å². The van der Waals surface area contributed by atoms with Crippen molar-refractivity contribution in [2.75, 3.05) is 13.2 Å². The Hall–Kier alpha value is -2.37. The number of nitrogens with zero attached hydrogens (tertiary/aromatic N) is 1. The predicted octanol–water partition coefficient (Wildman–Crippen LogP) is 3.78. The van der Waals surface area contributed by atoms with Crippen molar-refractivity contribution in [3.63, 3.8) is 0 Å². The normalized spacial score (nSPS) is 26.2. The van der Waals surface area contributed by atoms with Crippen LogP contribution in [0.15, 0.2) is 48.5 Å². The van der Waals surface area contributed by atoms with E-state index in [9.17, 15) is 9.90 Å². The Bertz CT molecular complexity index is 832. The molecule has 2 aliphatic heterocycles. The summed E-state index contributed by atoms with van der Waals surface area (Å²) in [6.07, 6.45) is 1.27. The maximum Gasteiger partial charge on any atom is 0.410 e. The summed E-state index contributed by atoms with van der Waals surface area (Å²) in [4.78, 5) is 14.6. The van der Waals surface area contributed by atoms with Gasteiger partial charge in [0.1, 0.15) is 6.61 Å². The van der Waals surface area contributed by atoms with Gasteiger partial charge >= 0.3 is 6.09 Å². The number of aryl methyl sites for hydroxylation is 2. The van der Waals surface area contributed by atoms with Crippen LogP contribution in [0.3, 0.4) is 0 Å². The van der Waals surface area contributed by atoms with Gasteiger partial charge in [0.25, 0.3) is 0 Å². The van der Waals surface area contributed by atoms with Crippen LogP contribution in [0.2, 0.25) is 0 Å². The smallest absolute Gasteiger partial charge is 0.410 e. The summed E-state index contributed by atoms with van der Waals surface area (Å²) in [7, 11) is 0. The molecule has 5 nitrogen and oxygen atoms in total. The monoisotopic (exact) mass is 395 g/mol. The first kappa shape index (κ1) is 19.9. The van der Waals surface area contributed by atoms with Crippen LogP contribution in [0.5, 0.6) is 0 Å². The van der Waals surface area contributed by atoms with Gasteiger partial charge in [0.15, 0.2) is 0 Å². The molecule has 2 heterocycles. The number of carbonyl (C=O) groups excluding carboxylic acids is 1. The van der Waals surface area contributed by atoms with Gasteiger partial charge < -0.3 is 14.6 Å². The number of benzene rings is 2. The first-order valence-electron chi connectivity index (χ1n) is 10.3. The molecule has 2 unspecified atom stereocenters. The van der Waals surface area contributed by atoms with E-state index in [2.05, 4.69) is 32.0 Å². The zero-order valence-electron chi connectivity index (χ0n) is 17.1. The summed E-state index contributed by atoms with van der Waals surface area (Å²) < 4.78 is 11.3. The highest BCUT2D eigenvalue weighted by molar-refractivity contribution is 5.69. The Kier molecular flexibility index (Phi) is 5.61. The molecule has 2 bridgehead atoms. The number of carbonyl (C=O) groups is 1. The molecule has 2 aromatic rings. The fourth-order valence-corrected chi connectivity index (χ4v) is 4.86. The second-order valence-corrected chi connectivity index (χ2v) is 8.60. The fraction of sp³-hybridized carbons (Fsp3) is 0.458. The standard InChI is InChI=1S/C24H29NO4/c1-17-8-18(2)10-20(9-17)11-24(27)12-21-15-28-16-22(13-24)25(21)23(26)29-14-19-6-4-3-5-7-19/h3-10,21-22,27H,11-16H2,1-2H3. The highest BCUT2D eigenvalue weighted by Gasteiger charge is 2.48. The molecule has 0 aliphatic carbocycles. The van der Waals surface area contributed by atoms with E-state index in [4.69, 9.17) is 9.47 Å². The van der Waals surface area contributed by atoms with Crippen molar-refractivity contribution in [1.82, 2.24) is 4.90 Å². The Balaban J connectivity index is 1.44. The third-order valence-electron chi connectivity index (χ3n) is 5.87. The highest BCUT2D eigenvalue weighted by atomic mass is 16.6. The molecular weight excluding hydrogens is 366 g/mol. The molecule has 29 heavy (non-hydrogen) atoms. The Morgan fingerprint density at radius 1 is 1.07 bits per heavy atom. The summed E-state index contributed by atoms with van der Waals surface area (Å²) >= 11 is 0. The number of morpholine rings is 1. The van der Waals surface area contributed by atoms with Crippen molar-refractivity contribution in [1.29, 1.82) is 0 Å². The third-order valence-corrected chi connectivity index (χ3v) is 5.87. The van der Waals surface area contributed by atoms with Gasteiger partial charge in [-0.3, -0.25) is 4.90 Å². The lowest BCUT2D eigenvalue weighted by atomic mass is 9.77. The first-order valence-corrected chi connectivity index (χ1v) is 10.3. The average molecular weight is 395 g/mol. The molecule has 2 aliphatic rings. The van der Waals surface area contributed by atoms with Crippen LogP contribution in [0, 0.1) is 13.8 Å². The van der Waals surface area contributed by atoms with Crippen LogP contribution in [-0.4, -0.2) is 47.0 Å². The quantitative estimate of drug-likeness (QED) is 0.856. The number of hydrogen-bond acceptors (Lipinski definition) is 4. The van der Waals surface area contributed by atoms with Crippen LogP contribution in [0.4, 0.5) is 4.79 Å². The second-order valence-electron chi connectivity index (χ2n) is 8.60. The van der Waals surface area contributed by atoms with Gasteiger partial charge in [0.05, 0.1) is 30.9 Å². The number of rotatable bonds is 4. The summed E-state index contributed by atoms with van der Waals surface area (Å²) in [6.45, 7) is 5.28. The number of amides is 1. The third kappa shape index (κ3) is 4.62. The summed E-state index contributed by atoms with van der Waals surface area (Å²) in [6, 6.07) is 15.8. The van der Waals surface area contributed by atoms with E-state index in [0.717, 1.165) is 11.1 Å². The molecular formula is C24H29NO4. The average Bonchev–Trinajstić information content (AvgIpc) is 2.65. The lowest BCUT2D eigenvalue weighted by Gasteiger charge is -2.51. The van der Waals surface area contributed by atoms with Gasteiger partial charge in [-0.05, 0) is 37.8 Å². The highest BCUT2D eigenvalue weighted by Crippen LogP contribution is 2.37. The van der Waals surface area contributed by atoms with Crippen LogP contribution in [-0.2, 0) is 22.5 Å². The minimum absolute atomic E-state index is 0.165. The van der Waals surface area contributed by atoms with Crippen molar-refractivity contribution >= 4 is 6.09 Å². The maximum atomic E-state index is 12.8. The molecule has 0 spiro atoms. The number of aliphatic hydroxyl groups is 1. The van der Waals surface area contributed by atoms with E-state index in [1.165, 1.54) is 11.1 Å². The Morgan fingerprint density at radius 2 is 1.69 bits per heavy atom. The molecule has 2 aromatic carbocycles. The van der Waals surface area contributed by atoms with Crippen molar-refractivity contribution in [3.8, 4) is 0 Å². The van der Waals surface area contributed by atoms with Gasteiger partial charge in [0.2, 0.25) is 0 Å². The molecule has 5 heteroatoms. The molecule has 0 radical (unpaired) electrons.